The van der Waals surface area contributed by atoms with Crippen LogP contribution >= 0.6 is 0 Å². The molecule has 0 radical (unpaired) electrons. The number of carbonyl (C=O) groups is 4. The molecule has 9 nitrogen and oxygen atoms in total. The molecule has 180 valence electrons. The predicted molar refractivity (Wildman–Crippen MR) is 124 cm³/mol. The topological polar surface area (TPSA) is 93.3 Å². The quantitative estimate of drug-likeness (QED) is 0.682. The summed E-state index contributed by atoms with van der Waals surface area (Å²) in [6.45, 7) is 5.89. The monoisotopic (exact) mass is 465 g/mol. The molecule has 5 aliphatic rings. The first kappa shape index (κ1) is 21.4. The number of fused-ring (bicyclic) bond motifs is 1. The average Bonchev–Trinajstić information content (AvgIpc) is 3.10. The molecule has 1 aromatic rings. The Balaban J connectivity index is 1.03. The van der Waals surface area contributed by atoms with Crippen molar-refractivity contribution >= 4 is 29.4 Å². The molecule has 0 aromatic heterocycles. The number of carbonyl (C=O) groups excluding carboxylic acids is 4. The molecule has 5 aliphatic heterocycles. The fraction of sp³-hybridized carbons (Fsp3) is 0.600. The standard InChI is InChI=1S/C25H31N5O4/c31-22-7-6-21(23(32)26-22)30-15-16-10-19(4-5-20(16)24(30)33)28-11-17(12-28)18-13-29(14-18)25(34)27-8-2-1-3-9-27/h4-5,10,17-18,21H,1-3,6-9,11-15H2,(H,26,31,32). The van der Waals surface area contributed by atoms with E-state index in [-0.39, 0.29) is 30.2 Å². The molecule has 4 saturated heterocycles. The molecule has 0 spiro atoms. The zero-order chi connectivity index (χ0) is 23.4. The van der Waals surface area contributed by atoms with Gasteiger partial charge in [0.25, 0.3) is 5.91 Å². The number of urea groups is 1. The Hall–Kier alpha value is -3.10. The van der Waals surface area contributed by atoms with Gasteiger partial charge in [0.15, 0.2) is 0 Å². The molecular formula is C25H31N5O4. The third kappa shape index (κ3) is 3.61. The highest BCUT2D eigenvalue weighted by atomic mass is 16.2. The van der Waals surface area contributed by atoms with Crippen molar-refractivity contribution < 1.29 is 19.2 Å². The van der Waals surface area contributed by atoms with E-state index < -0.39 is 6.04 Å². The van der Waals surface area contributed by atoms with Crippen LogP contribution in [-0.2, 0) is 16.1 Å². The van der Waals surface area contributed by atoms with Gasteiger partial charge in [-0.25, -0.2) is 4.79 Å². The first-order chi connectivity index (χ1) is 16.5. The summed E-state index contributed by atoms with van der Waals surface area (Å²) >= 11 is 0. The first-order valence-electron chi connectivity index (χ1n) is 12.5. The largest absolute Gasteiger partial charge is 0.371 e. The second kappa shape index (κ2) is 8.29. The Morgan fingerprint density at radius 1 is 0.912 bits per heavy atom. The van der Waals surface area contributed by atoms with Gasteiger partial charge in [0.05, 0.1) is 0 Å². The van der Waals surface area contributed by atoms with Crippen molar-refractivity contribution in [3.63, 3.8) is 0 Å². The van der Waals surface area contributed by atoms with Crippen molar-refractivity contribution in [2.24, 2.45) is 11.8 Å². The Labute approximate surface area is 199 Å². The number of hydrogen-bond donors (Lipinski definition) is 1. The van der Waals surface area contributed by atoms with Gasteiger partial charge in [-0.3, -0.25) is 19.7 Å². The third-order valence-electron chi connectivity index (χ3n) is 8.26. The summed E-state index contributed by atoms with van der Waals surface area (Å²) < 4.78 is 0. The maximum absolute atomic E-state index is 12.9. The fourth-order valence-electron chi connectivity index (χ4n) is 6.03. The molecule has 0 saturated carbocycles. The van der Waals surface area contributed by atoms with E-state index in [1.165, 1.54) is 6.42 Å². The average molecular weight is 466 g/mol. The number of piperidine rings is 2. The second-order valence-electron chi connectivity index (χ2n) is 10.4. The van der Waals surface area contributed by atoms with E-state index in [9.17, 15) is 19.2 Å². The van der Waals surface area contributed by atoms with E-state index in [4.69, 9.17) is 0 Å². The number of rotatable bonds is 3. The van der Waals surface area contributed by atoms with Crippen molar-refractivity contribution in [1.82, 2.24) is 20.0 Å². The highest BCUT2D eigenvalue weighted by Crippen LogP contribution is 2.37. The van der Waals surface area contributed by atoms with Gasteiger partial charge in [-0.15, -0.1) is 0 Å². The maximum atomic E-state index is 12.9. The zero-order valence-electron chi connectivity index (χ0n) is 19.4. The molecule has 1 atom stereocenters. The summed E-state index contributed by atoms with van der Waals surface area (Å²) in [5, 5.41) is 2.35. The van der Waals surface area contributed by atoms with Crippen LogP contribution in [0.15, 0.2) is 18.2 Å². The van der Waals surface area contributed by atoms with Gasteiger partial charge in [-0.2, -0.15) is 0 Å². The van der Waals surface area contributed by atoms with Gasteiger partial charge in [0.2, 0.25) is 11.8 Å². The fourth-order valence-corrected chi connectivity index (χ4v) is 6.03. The van der Waals surface area contributed by atoms with E-state index in [0.717, 1.165) is 63.4 Å². The molecule has 1 aromatic carbocycles. The van der Waals surface area contributed by atoms with Gasteiger partial charge in [-0.1, -0.05) is 0 Å². The SMILES string of the molecule is O=C1CCC(N2Cc3cc(N4CC(C5CN(C(=O)N6CCCCC6)C5)C4)ccc3C2=O)C(=O)N1. The lowest BCUT2D eigenvalue weighted by molar-refractivity contribution is -0.136. The Kier molecular flexibility index (Phi) is 5.22. The highest BCUT2D eigenvalue weighted by Gasteiger charge is 2.43. The summed E-state index contributed by atoms with van der Waals surface area (Å²) in [4.78, 5) is 57.2. The van der Waals surface area contributed by atoms with Gasteiger partial charge in [-0.05, 0) is 49.4 Å². The first-order valence-corrected chi connectivity index (χ1v) is 12.5. The molecule has 0 aliphatic carbocycles. The predicted octanol–water partition coefficient (Wildman–Crippen LogP) is 1.42. The number of nitrogens with zero attached hydrogens (tertiary/aromatic N) is 4. The van der Waals surface area contributed by atoms with E-state index in [0.29, 0.717) is 30.4 Å². The minimum absolute atomic E-state index is 0.134. The smallest absolute Gasteiger partial charge is 0.320 e. The molecular weight excluding hydrogens is 434 g/mol. The van der Waals surface area contributed by atoms with Gasteiger partial charge >= 0.3 is 6.03 Å². The summed E-state index contributed by atoms with van der Waals surface area (Å²) in [5.41, 5.74) is 2.70. The van der Waals surface area contributed by atoms with Crippen molar-refractivity contribution in [2.45, 2.75) is 44.7 Å². The van der Waals surface area contributed by atoms with Crippen molar-refractivity contribution in [3.8, 4) is 0 Å². The number of amides is 5. The van der Waals surface area contributed by atoms with E-state index in [2.05, 4.69) is 16.3 Å². The third-order valence-corrected chi connectivity index (χ3v) is 8.26. The van der Waals surface area contributed by atoms with Crippen LogP contribution in [0.1, 0.15) is 48.0 Å². The Morgan fingerprint density at radius 2 is 1.65 bits per heavy atom. The molecule has 5 heterocycles. The molecule has 34 heavy (non-hydrogen) atoms. The number of nitrogens with one attached hydrogen (secondary N) is 1. The minimum atomic E-state index is -0.580. The van der Waals surface area contributed by atoms with Crippen LogP contribution in [0.25, 0.3) is 0 Å². The lowest BCUT2D eigenvalue weighted by Crippen LogP contribution is -2.62. The van der Waals surface area contributed by atoms with E-state index >= 15 is 0 Å². The lowest BCUT2D eigenvalue weighted by atomic mass is 9.80. The van der Waals surface area contributed by atoms with Crippen LogP contribution in [0.5, 0.6) is 0 Å². The summed E-state index contributed by atoms with van der Waals surface area (Å²) in [5.74, 6) is 0.386. The highest BCUT2D eigenvalue weighted by molar-refractivity contribution is 6.05. The van der Waals surface area contributed by atoms with Crippen LogP contribution in [-0.4, -0.2) is 83.8 Å². The molecule has 6 rings (SSSR count). The van der Waals surface area contributed by atoms with Crippen molar-refractivity contribution in [1.29, 1.82) is 0 Å². The molecule has 0 bridgehead atoms. The van der Waals surface area contributed by atoms with Crippen molar-refractivity contribution in [3.05, 3.63) is 29.3 Å². The van der Waals surface area contributed by atoms with E-state index in [1.807, 2.05) is 21.9 Å². The summed E-state index contributed by atoms with van der Waals surface area (Å²) in [6, 6.07) is 5.57. The number of benzene rings is 1. The minimum Gasteiger partial charge on any atom is -0.371 e. The van der Waals surface area contributed by atoms with Crippen LogP contribution in [0.2, 0.25) is 0 Å². The van der Waals surface area contributed by atoms with Gasteiger partial charge in [0.1, 0.15) is 6.04 Å². The Morgan fingerprint density at radius 3 is 2.38 bits per heavy atom. The summed E-state index contributed by atoms with van der Waals surface area (Å²) in [6.07, 6.45) is 4.12. The molecule has 1 N–H and O–H groups in total. The van der Waals surface area contributed by atoms with Crippen LogP contribution < -0.4 is 10.2 Å². The summed E-state index contributed by atoms with van der Waals surface area (Å²) in [7, 11) is 0. The van der Waals surface area contributed by atoms with Crippen molar-refractivity contribution in [2.75, 3.05) is 44.2 Å². The van der Waals surface area contributed by atoms with Gasteiger partial charge in [0, 0.05) is 75.3 Å². The Bertz CT molecular complexity index is 1040. The van der Waals surface area contributed by atoms with Crippen LogP contribution in [0, 0.1) is 11.8 Å². The van der Waals surface area contributed by atoms with Gasteiger partial charge < -0.3 is 19.6 Å². The molecule has 9 heteroatoms. The lowest BCUT2D eigenvalue weighted by Gasteiger charge is -2.52. The number of hydrogen-bond acceptors (Lipinski definition) is 5. The molecule has 5 amide bonds. The number of likely N-dealkylation sites (tertiary alicyclic amines) is 2. The van der Waals surface area contributed by atoms with Crippen LogP contribution in [0.3, 0.4) is 0 Å². The number of imide groups is 1. The molecule has 4 fully saturated rings. The normalized spacial score (nSPS) is 25.8. The zero-order valence-corrected chi connectivity index (χ0v) is 19.4. The number of anilines is 1. The van der Waals surface area contributed by atoms with Crippen LogP contribution in [0.4, 0.5) is 10.5 Å². The second-order valence-corrected chi connectivity index (χ2v) is 10.4. The maximum Gasteiger partial charge on any atom is 0.320 e. The van der Waals surface area contributed by atoms with E-state index in [1.54, 1.807) is 4.90 Å². The molecule has 1 unspecified atom stereocenters.